The number of benzene rings is 7. The summed E-state index contributed by atoms with van der Waals surface area (Å²) >= 11 is 0. The molecule has 10 aliphatic carbocycles. The molecule has 10 atom stereocenters. The van der Waals surface area contributed by atoms with E-state index in [0.29, 0.717) is 11.8 Å². The van der Waals surface area contributed by atoms with Gasteiger partial charge < -0.3 is 4.90 Å². The van der Waals surface area contributed by atoms with Gasteiger partial charge in [-0.1, -0.05) is 134 Å². The predicted octanol–water partition coefficient (Wildman–Crippen LogP) is 16.2. The predicted molar refractivity (Wildman–Crippen MR) is 260 cm³/mol. The maximum Gasteiger partial charge on any atom is 0.0543 e. The van der Waals surface area contributed by atoms with Crippen LogP contribution >= 0.6 is 0 Å². The molecule has 63 heavy (non-hydrogen) atoms. The third-order valence-electron chi connectivity index (χ3n) is 19.4. The van der Waals surface area contributed by atoms with Gasteiger partial charge in [0.1, 0.15) is 0 Å². The van der Waals surface area contributed by atoms with E-state index in [-0.39, 0.29) is 10.8 Å². The van der Waals surface area contributed by atoms with Crippen LogP contribution in [-0.2, 0) is 10.8 Å². The molecular formula is C62H57N. The van der Waals surface area contributed by atoms with E-state index in [4.69, 9.17) is 0 Å². The minimum Gasteiger partial charge on any atom is -0.310 e. The third-order valence-corrected chi connectivity index (χ3v) is 19.4. The van der Waals surface area contributed by atoms with Crippen LogP contribution in [0.25, 0.3) is 44.2 Å². The van der Waals surface area contributed by atoms with E-state index >= 15 is 0 Å². The molecule has 0 amide bonds. The monoisotopic (exact) mass is 815 g/mol. The van der Waals surface area contributed by atoms with Crippen LogP contribution in [0.2, 0.25) is 0 Å². The SMILES string of the molecule is c1cc(-c2cccc3ccccc23)cc(N(c2ccc3c(c2)C2(c4ccccc4-3)C3CCC4CC(C3)CC2C4)c2cccc3c2-c2ccccc2C32C3CCC4CC(C3)CC2C4)c1. The number of hydrogen-bond donors (Lipinski definition) is 0. The Bertz CT molecular complexity index is 3000. The minimum atomic E-state index is 0.0952. The summed E-state index contributed by atoms with van der Waals surface area (Å²) in [6.07, 6.45) is 17.0. The molecule has 0 heterocycles. The van der Waals surface area contributed by atoms with Crippen molar-refractivity contribution in [2.45, 2.75) is 87.9 Å². The summed E-state index contributed by atoms with van der Waals surface area (Å²) in [7, 11) is 0. The average molecular weight is 816 g/mol. The van der Waals surface area contributed by atoms with Crippen molar-refractivity contribution in [3.05, 3.63) is 174 Å². The highest BCUT2D eigenvalue weighted by Gasteiger charge is 2.61. The minimum absolute atomic E-state index is 0.0952. The zero-order valence-corrected chi connectivity index (χ0v) is 36.5. The molecule has 8 saturated carbocycles. The number of fused-ring (bicyclic) bond motifs is 9. The standard InChI is InChI=1S/C62H57N/c1-2-14-50-42(10-1)11-8-17-51(50)43-12-7-13-48(36-43)63(49-26-27-53-52-15-3-5-18-55(52)62(58(53)37-49)45-25-23-39-29-41(33-45)35-47(62)31-39)59-21-9-20-57-60(59)54-16-4-6-19-56(54)61(57)44-24-22-38-28-40(32-44)34-46(61)30-38/h1-21,26-27,36-41,44-47H,22-25,28-35H2. The zero-order valence-electron chi connectivity index (χ0n) is 36.5. The van der Waals surface area contributed by atoms with E-state index in [0.717, 1.165) is 35.5 Å². The molecule has 0 radical (unpaired) electrons. The smallest absolute Gasteiger partial charge is 0.0543 e. The first-order chi connectivity index (χ1) is 31.2. The van der Waals surface area contributed by atoms with Crippen molar-refractivity contribution in [2.24, 2.45) is 47.3 Å². The molecule has 0 aliphatic heterocycles. The van der Waals surface area contributed by atoms with Crippen LogP contribution in [-0.4, -0.2) is 0 Å². The van der Waals surface area contributed by atoms with Crippen LogP contribution < -0.4 is 4.90 Å². The lowest BCUT2D eigenvalue weighted by Crippen LogP contribution is -2.48. The molecule has 10 aliphatic rings. The molecule has 8 fully saturated rings. The Balaban J connectivity index is 0.986. The van der Waals surface area contributed by atoms with Crippen molar-refractivity contribution in [3.63, 3.8) is 0 Å². The fourth-order valence-electron chi connectivity index (χ4n) is 17.6. The summed E-state index contributed by atoms with van der Waals surface area (Å²) in [5.74, 6) is 6.50. The normalized spacial score (nSPS) is 32.1. The van der Waals surface area contributed by atoms with Gasteiger partial charge in [0.2, 0.25) is 0 Å². The van der Waals surface area contributed by atoms with Gasteiger partial charge >= 0.3 is 0 Å². The lowest BCUT2D eigenvalue weighted by molar-refractivity contribution is 0.0618. The van der Waals surface area contributed by atoms with Gasteiger partial charge in [0.25, 0.3) is 0 Å². The number of rotatable bonds is 4. The van der Waals surface area contributed by atoms with Crippen molar-refractivity contribution < 1.29 is 0 Å². The third kappa shape index (κ3) is 4.74. The van der Waals surface area contributed by atoms with E-state index in [1.165, 1.54) is 138 Å². The van der Waals surface area contributed by atoms with Crippen molar-refractivity contribution >= 4 is 27.8 Å². The Kier molecular flexibility index (Phi) is 7.48. The molecular weight excluding hydrogens is 759 g/mol. The second-order valence-electron chi connectivity index (χ2n) is 22.0. The summed E-state index contributed by atoms with van der Waals surface area (Å²) in [5, 5.41) is 2.61. The maximum atomic E-state index is 2.74. The summed E-state index contributed by atoms with van der Waals surface area (Å²) in [6, 6.07) is 60.1. The molecule has 7 aromatic carbocycles. The Hall–Kier alpha value is -5.40. The molecule has 8 bridgehead atoms. The van der Waals surface area contributed by atoms with Crippen LogP contribution in [0, 0.1) is 47.3 Å². The highest BCUT2D eigenvalue weighted by molar-refractivity contribution is 5.99. The molecule has 7 aromatic rings. The molecule has 0 saturated heterocycles. The Morgan fingerprint density at radius 3 is 1.71 bits per heavy atom. The van der Waals surface area contributed by atoms with E-state index < -0.39 is 0 Å². The maximum absolute atomic E-state index is 2.74. The number of hydrogen-bond acceptors (Lipinski definition) is 1. The van der Waals surface area contributed by atoms with Crippen LogP contribution in [0.1, 0.15) is 99.3 Å². The first-order valence-electron chi connectivity index (χ1n) is 25.0. The lowest BCUT2D eigenvalue weighted by atomic mass is 9.50. The van der Waals surface area contributed by atoms with E-state index in [9.17, 15) is 0 Å². The quantitative estimate of drug-likeness (QED) is 0.171. The largest absolute Gasteiger partial charge is 0.310 e. The molecule has 2 spiro atoms. The van der Waals surface area contributed by atoms with Gasteiger partial charge in [-0.05, 0) is 203 Å². The van der Waals surface area contributed by atoms with Crippen molar-refractivity contribution in [3.8, 4) is 33.4 Å². The highest BCUT2D eigenvalue weighted by Crippen LogP contribution is 2.70. The average Bonchev–Trinajstić information content (AvgIpc) is 3.55. The fourth-order valence-corrected chi connectivity index (χ4v) is 17.6. The number of anilines is 3. The van der Waals surface area contributed by atoms with Gasteiger partial charge in [-0.25, -0.2) is 0 Å². The molecule has 310 valence electrons. The Morgan fingerprint density at radius 2 is 0.921 bits per heavy atom. The van der Waals surface area contributed by atoms with E-state index in [1.54, 1.807) is 22.3 Å². The molecule has 1 nitrogen and oxygen atoms in total. The van der Waals surface area contributed by atoms with Gasteiger partial charge in [-0.15, -0.1) is 0 Å². The summed E-state index contributed by atoms with van der Waals surface area (Å²) in [4.78, 5) is 2.73. The molecule has 10 unspecified atom stereocenters. The second kappa shape index (κ2) is 13.1. The zero-order chi connectivity index (χ0) is 41.0. The van der Waals surface area contributed by atoms with Crippen LogP contribution in [0.3, 0.4) is 0 Å². The Labute approximate surface area is 373 Å². The van der Waals surface area contributed by atoms with E-state index in [1.807, 2.05) is 0 Å². The van der Waals surface area contributed by atoms with Crippen LogP contribution in [0.15, 0.2) is 152 Å². The fraction of sp³-hybridized carbons (Fsp3) is 0.355. The van der Waals surface area contributed by atoms with Gasteiger partial charge in [0, 0.05) is 27.8 Å². The summed E-state index contributed by atoms with van der Waals surface area (Å²) in [6.45, 7) is 0. The summed E-state index contributed by atoms with van der Waals surface area (Å²) in [5.41, 5.74) is 19.3. The first-order valence-corrected chi connectivity index (χ1v) is 25.0. The van der Waals surface area contributed by atoms with Gasteiger partial charge in [0.15, 0.2) is 0 Å². The molecule has 1 heteroatoms. The van der Waals surface area contributed by atoms with E-state index in [2.05, 4.69) is 157 Å². The summed E-state index contributed by atoms with van der Waals surface area (Å²) < 4.78 is 0. The van der Waals surface area contributed by atoms with Crippen molar-refractivity contribution in [1.82, 2.24) is 0 Å². The van der Waals surface area contributed by atoms with Gasteiger partial charge in [0.05, 0.1) is 5.69 Å². The highest BCUT2D eigenvalue weighted by atomic mass is 15.1. The number of nitrogens with zero attached hydrogens (tertiary/aromatic N) is 1. The first kappa shape index (κ1) is 36.0. The Morgan fingerprint density at radius 1 is 0.365 bits per heavy atom. The van der Waals surface area contributed by atoms with Gasteiger partial charge in [-0.2, -0.15) is 0 Å². The second-order valence-corrected chi connectivity index (χ2v) is 22.0. The van der Waals surface area contributed by atoms with Crippen LogP contribution in [0.4, 0.5) is 17.1 Å². The lowest BCUT2D eigenvalue weighted by Gasteiger charge is -2.53. The molecule has 0 N–H and O–H groups in total. The molecule has 17 rings (SSSR count). The molecule has 0 aromatic heterocycles. The van der Waals surface area contributed by atoms with Gasteiger partial charge in [-0.3, -0.25) is 0 Å². The van der Waals surface area contributed by atoms with Crippen molar-refractivity contribution in [1.29, 1.82) is 0 Å². The topological polar surface area (TPSA) is 3.24 Å². The van der Waals surface area contributed by atoms with Crippen molar-refractivity contribution in [2.75, 3.05) is 4.90 Å². The van der Waals surface area contributed by atoms with Crippen LogP contribution in [0.5, 0.6) is 0 Å².